The molecule has 0 fully saturated rings. The molecule has 7 nitrogen and oxygen atoms in total. The Morgan fingerprint density at radius 2 is 1.94 bits per heavy atom. The van der Waals surface area contributed by atoms with Crippen molar-refractivity contribution in [3.63, 3.8) is 0 Å². The molecule has 0 atom stereocenters. The van der Waals surface area contributed by atoms with Gasteiger partial charge in [0.2, 0.25) is 10.0 Å². The molecule has 0 heterocycles. The fourth-order valence-corrected chi connectivity index (χ4v) is 2.93. The van der Waals surface area contributed by atoms with E-state index >= 15 is 0 Å². The summed E-state index contributed by atoms with van der Waals surface area (Å²) < 4.78 is 25.5. The second kappa shape index (κ2) is 4.91. The van der Waals surface area contributed by atoms with Crippen molar-refractivity contribution in [1.82, 2.24) is 4.31 Å². The minimum atomic E-state index is -3.92. The predicted molar refractivity (Wildman–Crippen MR) is 67.6 cm³/mol. The Balaban J connectivity index is 3.52. The van der Waals surface area contributed by atoms with Gasteiger partial charge in [-0.15, -0.1) is 0 Å². The second-order valence-electron chi connectivity index (χ2n) is 4.07. The Kier molecular flexibility index (Phi) is 3.92. The zero-order valence-electron chi connectivity index (χ0n) is 10.3. The third-order valence-corrected chi connectivity index (χ3v) is 4.66. The first-order valence-electron chi connectivity index (χ1n) is 5.20. The van der Waals surface area contributed by atoms with Crippen LogP contribution in [0.3, 0.4) is 0 Å². The van der Waals surface area contributed by atoms with E-state index in [-0.39, 0.29) is 16.6 Å². The van der Waals surface area contributed by atoms with Crippen LogP contribution in [0.4, 0.5) is 11.4 Å². The summed E-state index contributed by atoms with van der Waals surface area (Å²) >= 11 is 0. The average Bonchev–Trinajstić information content (AvgIpc) is 2.26. The summed E-state index contributed by atoms with van der Waals surface area (Å²) in [6.45, 7) is 3.35. The standard InChI is InChI=1S/C10H15N3O4S/c1-7(2)12(3)18(16,17)9-6-4-5-8(11)10(9)13(14)15/h4-7H,11H2,1-3H3. The third-order valence-electron chi connectivity index (χ3n) is 2.60. The summed E-state index contributed by atoms with van der Waals surface area (Å²) in [7, 11) is -2.56. The number of nitro groups is 1. The van der Waals surface area contributed by atoms with Crippen LogP contribution >= 0.6 is 0 Å². The predicted octanol–water partition coefficient (Wildman–Crippen LogP) is 1.21. The zero-order chi connectivity index (χ0) is 14.1. The molecule has 0 spiro atoms. The summed E-state index contributed by atoms with van der Waals surface area (Å²) in [5, 5.41) is 10.9. The molecule has 2 N–H and O–H groups in total. The number of nitrogen functional groups attached to an aromatic ring is 1. The Morgan fingerprint density at radius 1 is 1.39 bits per heavy atom. The highest BCUT2D eigenvalue weighted by Gasteiger charge is 2.32. The van der Waals surface area contributed by atoms with Gasteiger partial charge in [0.05, 0.1) is 4.92 Å². The summed E-state index contributed by atoms with van der Waals surface area (Å²) in [6, 6.07) is 3.55. The van der Waals surface area contributed by atoms with Crippen molar-refractivity contribution in [2.24, 2.45) is 0 Å². The normalized spacial score (nSPS) is 12.1. The van der Waals surface area contributed by atoms with Crippen molar-refractivity contribution in [2.45, 2.75) is 24.8 Å². The van der Waals surface area contributed by atoms with Crippen LogP contribution in [0.2, 0.25) is 0 Å². The highest BCUT2D eigenvalue weighted by molar-refractivity contribution is 7.89. The van der Waals surface area contributed by atoms with Crippen LogP contribution in [0, 0.1) is 10.1 Å². The molecule has 18 heavy (non-hydrogen) atoms. The Bertz CT molecular complexity index is 568. The molecule has 0 bridgehead atoms. The lowest BCUT2D eigenvalue weighted by Gasteiger charge is -2.20. The van der Waals surface area contributed by atoms with Crippen molar-refractivity contribution in [3.8, 4) is 0 Å². The summed E-state index contributed by atoms with van der Waals surface area (Å²) in [6.07, 6.45) is 0. The molecular weight excluding hydrogens is 258 g/mol. The highest BCUT2D eigenvalue weighted by atomic mass is 32.2. The SMILES string of the molecule is CC(C)N(C)S(=O)(=O)c1cccc(N)c1[N+](=O)[O-]. The largest absolute Gasteiger partial charge is 0.393 e. The third kappa shape index (κ3) is 2.44. The van der Waals surface area contributed by atoms with Crippen LogP contribution in [0.15, 0.2) is 23.1 Å². The van der Waals surface area contributed by atoms with Gasteiger partial charge in [0, 0.05) is 13.1 Å². The van der Waals surface area contributed by atoms with Gasteiger partial charge >= 0.3 is 5.69 Å². The van der Waals surface area contributed by atoms with Crippen molar-refractivity contribution < 1.29 is 13.3 Å². The van der Waals surface area contributed by atoms with E-state index in [1.165, 1.54) is 25.2 Å². The minimum absolute atomic E-state index is 0.168. The van der Waals surface area contributed by atoms with E-state index in [1.54, 1.807) is 13.8 Å². The molecule has 0 radical (unpaired) electrons. The van der Waals surface area contributed by atoms with Gasteiger partial charge in [-0.2, -0.15) is 4.31 Å². The first kappa shape index (κ1) is 14.4. The Hall–Kier alpha value is -1.67. The molecular formula is C10H15N3O4S. The van der Waals surface area contributed by atoms with Gasteiger partial charge in [0.25, 0.3) is 0 Å². The quantitative estimate of drug-likeness (QED) is 0.504. The molecule has 0 aliphatic rings. The molecule has 100 valence electrons. The molecule has 0 saturated carbocycles. The first-order chi connectivity index (χ1) is 8.19. The zero-order valence-corrected chi connectivity index (χ0v) is 11.1. The monoisotopic (exact) mass is 273 g/mol. The summed E-state index contributed by atoms with van der Waals surface area (Å²) in [5.74, 6) is 0. The van der Waals surface area contributed by atoms with E-state index in [4.69, 9.17) is 5.73 Å². The molecule has 1 aromatic rings. The maximum atomic E-state index is 12.2. The lowest BCUT2D eigenvalue weighted by molar-refractivity contribution is -0.386. The van der Waals surface area contributed by atoms with Crippen molar-refractivity contribution in [1.29, 1.82) is 0 Å². The summed E-state index contributed by atoms with van der Waals surface area (Å²) in [4.78, 5) is 9.76. The number of nitrogens with two attached hydrogens (primary N) is 1. The highest BCUT2D eigenvalue weighted by Crippen LogP contribution is 2.31. The fraction of sp³-hybridized carbons (Fsp3) is 0.400. The Morgan fingerprint density at radius 3 is 2.39 bits per heavy atom. The molecule has 8 heteroatoms. The number of nitro benzene ring substituents is 1. The first-order valence-corrected chi connectivity index (χ1v) is 6.64. The van der Waals surface area contributed by atoms with Gasteiger partial charge in [-0.05, 0) is 26.0 Å². The van der Waals surface area contributed by atoms with Gasteiger partial charge in [-0.25, -0.2) is 8.42 Å². The molecule has 1 rings (SSSR count). The number of hydrogen-bond acceptors (Lipinski definition) is 5. The van der Waals surface area contributed by atoms with Crippen LogP contribution in [0.5, 0.6) is 0 Å². The second-order valence-corrected chi connectivity index (χ2v) is 6.03. The van der Waals surface area contributed by atoms with E-state index in [0.717, 1.165) is 4.31 Å². The van der Waals surface area contributed by atoms with E-state index in [1.807, 2.05) is 0 Å². The lowest BCUT2D eigenvalue weighted by atomic mass is 10.3. The average molecular weight is 273 g/mol. The number of benzene rings is 1. The van der Waals surface area contributed by atoms with Gasteiger partial charge in [-0.3, -0.25) is 10.1 Å². The number of nitrogens with zero attached hydrogens (tertiary/aromatic N) is 2. The van der Waals surface area contributed by atoms with E-state index in [0.29, 0.717) is 0 Å². The van der Waals surface area contributed by atoms with Gasteiger partial charge < -0.3 is 5.73 Å². The maximum absolute atomic E-state index is 12.2. The van der Waals surface area contributed by atoms with E-state index in [9.17, 15) is 18.5 Å². The van der Waals surface area contributed by atoms with Crippen molar-refractivity contribution >= 4 is 21.4 Å². The molecule has 0 unspecified atom stereocenters. The molecule has 0 saturated heterocycles. The molecule has 0 amide bonds. The topological polar surface area (TPSA) is 107 Å². The van der Waals surface area contributed by atoms with Crippen molar-refractivity contribution in [3.05, 3.63) is 28.3 Å². The number of para-hydroxylation sites is 1. The van der Waals surface area contributed by atoms with E-state index in [2.05, 4.69) is 0 Å². The molecule has 0 aliphatic heterocycles. The molecule has 0 aromatic heterocycles. The number of hydrogen-bond donors (Lipinski definition) is 1. The molecule has 0 aliphatic carbocycles. The smallest absolute Gasteiger partial charge is 0.312 e. The van der Waals surface area contributed by atoms with Gasteiger partial charge in [-0.1, -0.05) is 6.07 Å². The van der Waals surface area contributed by atoms with Crippen molar-refractivity contribution in [2.75, 3.05) is 12.8 Å². The van der Waals surface area contributed by atoms with Crippen LogP contribution in [-0.2, 0) is 10.0 Å². The van der Waals surface area contributed by atoms with Crippen LogP contribution < -0.4 is 5.73 Å². The van der Waals surface area contributed by atoms with Crippen LogP contribution in [0.1, 0.15) is 13.8 Å². The fourth-order valence-electron chi connectivity index (χ4n) is 1.38. The Labute approximate surface area is 105 Å². The maximum Gasteiger partial charge on any atom is 0.312 e. The van der Waals surface area contributed by atoms with Crippen LogP contribution in [0.25, 0.3) is 0 Å². The van der Waals surface area contributed by atoms with Crippen LogP contribution in [-0.4, -0.2) is 30.7 Å². The van der Waals surface area contributed by atoms with Gasteiger partial charge in [0.15, 0.2) is 4.90 Å². The molecule has 1 aromatic carbocycles. The number of sulfonamides is 1. The number of anilines is 1. The van der Waals surface area contributed by atoms with Gasteiger partial charge in [0.1, 0.15) is 5.69 Å². The minimum Gasteiger partial charge on any atom is -0.393 e. The lowest BCUT2D eigenvalue weighted by Crippen LogP contribution is -2.33. The number of rotatable bonds is 4. The summed E-state index contributed by atoms with van der Waals surface area (Å²) in [5.41, 5.74) is 4.72. The van der Waals surface area contributed by atoms with E-state index < -0.39 is 20.6 Å².